The number of hydrogen-bond donors (Lipinski definition) is 4. The largest absolute Gasteiger partial charge is 0.478 e. The monoisotopic (exact) mass is 348 g/mol. The highest BCUT2D eigenvalue weighted by Crippen LogP contribution is 2.11. The topological polar surface area (TPSA) is 98.0 Å². The number of aliphatic hydroxyl groups is 3. The predicted molar refractivity (Wildman–Crippen MR) is 99.6 cm³/mol. The van der Waals surface area contributed by atoms with E-state index in [4.69, 9.17) is 20.4 Å². The molecule has 0 saturated carbocycles. The molecule has 0 aliphatic carbocycles. The summed E-state index contributed by atoms with van der Waals surface area (Å²) < 4.78 is 0. The van der Waals surface area contributed by atoms with Gasteiger partial charge in [-0.25, -0.2) is 4.79 Å². The molecule has 0 bridgehead atoms. The van der Waals surface area contributed by atoms with E-state index in [1.807, 2.05) is 36.5 Å². The second-order valence-corrected chi connectivity index (χ2v) is 5.39. The number of hydrogen-bond acceptors (Lipinski definition) is 4. The predicted octanol–water partition coefficient (Wildman–Crippen LogP) is 3.38. The molecular formula is C20H28O5. The highest BCUT2D eigenvalue weighted by Gasteiger charge is 2.16. The Kier molecular flexibility index (Phi) is 14.0. The summed E-state index contributed by atoms with van der Waals surface area (Å²) in [7, 11) is 0. The van der Waals surface area contributed by atoms with E-state index < -0.39 is 11.9 Å². The van der Waals surface area contributed by atoms with E-state index in [0.717, 1.165) is 31.8 Å². The lowest BCUT2D eigenvalue weighted by atomic mass is 10.1. The lowest BCUT2D eigenvalue weighted by Crippen LogP contribution is -2.26. The van der Waals surface area contributed by atoms with E-state index in [9.17, 15) is 4.79 Å². The Morgan fingerprint density at radius 3 is 1.68 bits per heavy atom. The Morgan fingerprint density at radius 2 is 1.16 bits per heavy atom. The first-order valence-corrected chi connectivity index (χ1v) is 8.32. The number of unbranched alkanes of at least 4 members (excludes halogenated alkanes) is 4. The molecule has 0 unspecified atom stereocenters. The second kappa shape index (κ2) is 15.3. The van der Waals surface area contributed by atoms with Gasteiger partial charge in [0, 0.05) is 12.5 Å². The van der Waals surface area contributed by atoms with Crippen LogP contribution in [0.1, 0.15) is 38.5 Å². The van der Waals surface area contributed by atoms with Crippen molar-refractivity contribution in [3.05, 3.63) is 72.9 Å². The second-order valence-electron chi connectivity index (χ2n) is 5.39. The molecule has 0 atom stereocenters. The van der Waals surface area contributed by atoms with Gasteiger partial charge in [0.05, 0.1) is 0 Å². The smallest absolute Gasteiger partial charge is 0.328 e. The summed E-state index contributed by atoms with van der Waals surface area (Å²) >= 11 is 0. The quantitative estimate of drug-likeness (QED) is 0.177. The van der Waals surface area contributed by atoms with Crippen LogP contribution in [0.4, 0.5) is 0 Å². The van der Waals surface area contributed by atoms with Crippen LogP contribution in [0.2, 0.25) is 0 Å². The van der Waals surface area contributed by atoms with E-state index in [2.05, 4.69) is 6.08 Å². The zero-order chi connectivity index (χ0) is 18.8. The third kappa shape index (κ3) is 21.8. The molecule has 138 valence electrons. The number of carboxylic acid groups (broad SMARTS) is 1. The summed E-state index contributed by atoms with van der Waals surface area (Å²) in [5.74, 6) is -3.49. The molecule has 0 fully saturated rings. The maximum atomic E-state index is 10.2. The Hall–Kier alpha value is -2.21. The summed E-state index contributed by atoms with van der Waals surface area (Å²) in [4.78, 5) is 10.2. The van der Waals surface area contributed by atoms with Crippen molar-refractivity contribution in [1.29, 1.82) is 0 Å². The van der Waals surface area contributed by atoms with Crippen LogP contribution >= 0.6 is 0 Å². The van der Waals surface area contributed by atoms with Gasteiger partial charge in [0.15, 0.2) is 0 Å². The van der Waals surface area contributed by atoms with Crippen LogP contribution in [0.5, 0.6) is 0 Å². The average molecular weight is 348 g/mol. The Bertz CT molecular complexity index is 517. The lowest BCUT2D eigenvalue weighted by Gasteiger charge is -2.12. The molecule has 0 amide bonds. The van der Waals surface area contributed by atoms with Crippen molar-refractivity contribution in [2.45, 2.75) is 44.5 Å². The molecule has 0 aliphatic heterocycles. The molecule has 0 aromatic carbocycles. The van der Waals surface area contributed by atoms with E-state index in [-0.39, 0.29) is 6.42 Å². The lowest BCUT2D eigenvalue weighted by molar-refractivity contribution is -0.315. The maximum absolute atomic E-state index is 10.2. The molecular weight excluding hydrogens is 320 g/mol. The van der Waals surface area contributed by atoms with E-state index in [1.54, 1.807) is 18.2 Å². The van der Waals surface area contributed by atoms with Gasteiger partial charge in [-0.1, -0.05) is 79.7 Å². The van der Waals surface area contributed by atoms with Gasteiger partial charge in [-0.2, -0.15) is 0 Å². The molecule has 5 nitrogen and oxygen atoms in total. The van der Waals surface area contributed by atoms with Crippen molar-refractivity contribution in [1.82, 2.24) is 0 Å². The Labute approximate surface area is 149 Å². The number of carboxylic acids is 1. The van der Waals surface area contributed by atoms with Crippen LogP contribution in [-0.4, -0.2) is 32.4 Å². The van der Waals surface area contributed by atoms with E-state index in [0.29, 0.717) is 6.42 Å². The van der Waals surface area contributed by atoms with Crippen LogP contribution in [0.15, 0.2) is 72.9 Å². The van der Waals surface area contributed by atoms with Gasteiger partial charge in [0.1, 0.15) is 0 Å². The molecule has 25 heavy (non-hydrogen) atoms. The highest BCUT2D eigenvalue weighted by molar-refractivity contribution is 5.80. The molecule has 0 saturated heterocycles. The van der Waals surface area contributed by atoms with Crippen molar-refractivity contribution in [2.24, 2.45) is 0 Å². The summed E-state index contributed by atoms with van der Waals surface area (Å²) in [6, 6.07) is 0. The van der Waals surface area contributed by atoms with Crippen molar-refractivity contribution in [3.8, 4) is 0 Å². The minimum absolute atomic E-state index is 0.0127. The Morgan fingerprint density at radius 1 is 0.680 bits per heavy atom. The van der Waals surface area contributed by atoms with Crippen molar-refractivity contribution >= 4 is 5.97 Å². The first kappa shape index (κ1) is 22.8. The van der Waals surface area contributed by atoms with Gasteiger partial charge in [-0.05, 0) is 19.3 Å². The van der Waals surface area contributed by atoms with Gasteiger partial charge in [0.2, 0.25) is 0 Å². The molecule has 0 heterocycles. The van der Waals surface area contributed by atoms with Crippen LogP contribution in [0.25, 0.3) is 0 Å². The fourth-order valence-electron chi connectivity index (χ4n) is 1.80. The SMILES string of the molecule is O=C(O)C=CC=CC=CC=CC=CC=CCCCCCCC(O)(O)O. The van der Waals surface area contributed by atoms with Crippen molar-refractivity contribution in [2.75, 3.05) is 0 Å². The zero-order valence-corrected chi connectivity index (χ0v) is 14.4. The van der Waals surface area contributed by atoms with Gasteiger partial charge in [0.25, 0.3) is 5.97 Å². The fourth-order valence-corrected chi connectivity index (χ4v) is 1.80. The van der Waals surface area contributed by atoms with E-state index >= 15 is 0 Å². The summed E-state index contributed by atoms with van der Waals surface area (Å²) in [6.45, 7) is 0. The normalized spacial score (nSPS) is 13.7. The minimum atomic E-state index is -2.53. The summed E-state index contributed by atoms with van der Waals surface area (Å²) in [6.07, 6.45) is 25.7. The van der Waals surface area contributed by atoms with Gasteiger partial charge in [-0.3, -0.25) is 0 Å². The maximum Gasteiger partial charge on any atom is 0.328 e. The minimum Gasteiger partial charge on any atom is -0.478 e. The molecule has 0 spiro atoms. The van der Waals surface area contributed by atoms with E-state index in [1.165, 1.54) is 6.08 Å². The number of allylic oxidation sites excluding steroid dienone is 11. The number of aliphatic carboxylic acids is 1. The summed E-state index contributed by atoms with van der Waals surface area (Å²) in [5.41, 5.74) is 0. The molecule has 0 aliphatic rings. The summed E-state index contributed by atoms with van der Waals surface area (Å²) in [5, 5.41) is 34.5. The van der Waals surface area contributed by atoms with Gasteiger partial charge >= 0.3 is 5.97 Å². The zero-order valence-electron chi connectivity index (χ0n) is 14.4. The highest BCUT2D eigenvalue weighted by atomic mass is 16.7. The fraction of sp³-hybridized carbons (Fsp3) is 0.350. The number of carbonyl (C=O) groups is 1. The van der Waals surface area contributed by atoms with Crippen LogP contribution in [0.3, 0.4) is 0 Å². The van der Waals surface area contributed by atoms with Crippen molar-refractivity contribution < 1.29 is 25.2 Å². The standard InChI is InChI=1S/C20H28O5/c21-19(22)17-15-13-11-9-7-5-3-1-2-4-6-8-10-12-14-16-18-20(23,24)25/h1-7,9,11,13,15,17,23-25H,8,10,12,14,16,18H2,(H,21,22). The average Bonchev–Trinajstić information content (AvgIpc) is 2.52. The molecule has 0 aromatic heterocycles. The third-order valence-electron chi connectivity index (χ3n) is 3.01. The van der Waals surface area contributed by atoms with Crippen LogP contribution in [0, 0.1) is 0 Å². The first-order chi connectivity index (χ1) is 11.9. The Balaban J connectivity index is 3.64. The molecule has 0 radical (unpaired) electrons. The third-order valence-corrected chi connectivity index (χ3v) is 3.01. The van der Waals surface area contributed by atoms with Gasteiger partial charge in [-0.15, -0.1) is 0 Å². The van der Waals surface area contributed by atoms with Crippen LogP contribution < -0.4 is 0 Å². The molecule has 0 aromatic rings. The van der Waals surface area contributed by atoms with Gasteiger partial charge < -0.3 is 20.4 Å². The van der Waals surface area contributed by atoms with Crippen LogP contribution in [-0.2, 0) is 4.79 Å². The van der Waals surface area contributed by atoms with Crippen molar-refractivity contribution in [3.63, 3.8) is 0 Å². The number of rotatable bonds is 13. The molecule has 4 N–H and O–H groups in total. The molecule has 5 heteroatoms. The molecule has 0 rings (SSSR count). The first-order valence-electron chi connectivity index (χ1n) is 8.32.